The predicted molar refractivity (Wildman–Crippen MR) is 59.6 cm³/mol. The summed E-state index contributed by atoms with van der Waals surface area (Å²) in [6.45, 7) is 12.8. The third kappa shape index (κ3) is 10.1. The summed E-state index contributed by atoms with van der Waals surface area (Å²) < 4.78 is 10.3. The first-order valence-corrected chi connectivity index (χ1v) is 8.39. The molecule has 80 valence electrons. The lowest BCUT2D eigenvalue weighted by Crippen LogP contribution is -2.29. The Balaban J connectivity index is 0.000000293. The van der Waals surface area contributed by atoms with Gasteiger partial charge in [0, 0.05) is 6.61 Å². The van der Waals surface area contributed by atoms with Crippen molar-refractivity contribution in [2.45, 2.75) is 52.4 Å². The molecule has 1 fully saturated rings. The first-order valence-electron chi connectivity index (χ1n) is 5.27. The molecule has 0 radical (unpaired) electrons. The van der Waals surface area contributed by atoms with Crippen LogP contribution in [0.2, 0.25) is 19.1 Å². The number of ether oxygens (including phenoxy) is 1. The Hall–Kier alpha value is 0.137. The van der Waals surface area contributed by atoms with Crippen molar-refractivity contribution in [3.63, 3.8) is 0 Å². The third-order valence-corrected chi connectivity index (χ3v) is 4.66. The van der Waals surface area contributed by atoms with Gasteiger partial charge < -0.3 is 9.16 Å². The van der Waals surface area contributed by atoms with Gasteiger partial charge in [-0.25, -0.2) is 0 Å². The maximum absolute atomic E-state index is 5.61. The second-order valence-electron chi connectivity index (χ2n) is 4.09. The van der Waals surface area contributed by atoms with Gasteiger partial charge in [-0.2, -0.15) is 0 Å². The van der Waals surface area contributed by atoms with Crippen molar-refractivity contribution < 1.29 is 9.16 Å². The fourth-order valence-electron chi connectivity index (χ4n) is 1.16. The Morgan fingerprint density at radius 2 is 1.85 bits per heavy atom. The van der Waals surface area contributed by atoms with Crippen LogP contribution in [0.15, 0.2) is 0 Å². The molecule has 0 N–H and O–H groups in total. The van der Waals surface area contributed by atoms with Crippen LogP contribution >= 0.6 is 0 Å². The van der Waals surface area contributed by atoms with Gasteiger partial charge in [0.15, 0.2) is 8.32 Å². The van der Waals surface area contributed by atoms with Crippen LogP contribution in [0.3, 0.4) is 0 Å². The largest absolute Gasteiger partial charge is 0.418 e. The first-order chi connectivity index (χ1) is 6.02. The van der Waals surface area contributed by atoms with E-state index in [9.17, 15) is 0 Å². The second kappa shape index (κ2) is 6.57. The van der Waals surface area contributed by atoms with Gasteiger partial charge in [0.2, 0.25) is 0 Å². The predicted octanol–water partition coefficient (Wildman–Crippen LogP) is 3.04. The highest BCUT2D eigenvalue weighted by Gasteiger charge is 2.19. The highest BCUT2D eigenvalue weighted by molar-refractivity contribution is 6.71. The van der Waals surface area contributed by atoms with E-state index in [-0.39, 0.29) is 0 Å². The van der Waals surface area contributed by atoms with Crippen molar-refractivity contribution in [3.8, 4) is 0 Å². The summed E-state index contributed by atoms with van der Waals surface area (Å²) in [5, 5.41) is 0. The van der Waals surface area contributed by atoms with E-state index in [1.807, 2.05) is 0 Å². The van der Waals surface area contributed by atoms with E-state index in [0.717, 1.165) is 13.2 Å². The van der Waals surface area contributed by atoms with Crippen LogP contribution in [-0.4, -0.2) is 27.6 Å². The quantitative estimate of drug-likeness (QED) is 0.518. The number of epoxide rings is 1. The zero-order chi connectivity index (χ0) is 10.3. The fraction of sp³-hybridized carbons (Fsp3) is 1.00. The highest BCUT2D eigenvalue weighted by atomic mass is 28.4. The van der Waals surface area contributed by atoms with E-state index in [1.54, 1.807) is 0 Å². The molecule has 0 aromatic rings. The van der Waals surface area contributed by atoms with Crippen molar-refractivity contribution in [1.29, 1.82) is 0 Å². The molecular weight excluding hydrogens is 180 g/mol. The highest BCUT2D eigenvalue weighted by Crippen LogP contribution is 2.12. The van der Waals surface area contributed by atoms with Crippen LogP contribution in [0.5, 0.6) is 0 Å². The van der Waals surface area contributed by atoms with Gasteiger partial charge >= 0.3 is 0 Å². The molecule has 0 saturated carbocycles. The van der Waals surface area contributed by atoms with Crippen LogP contribution in [0.1, 0.15) is 27.2 Å². The van der Waals surface area contributed by atoms with Gasteiger partial charge in [0.25, 0.3) is 0 Å². The van der Waals surface area contributed by atoms with Gasteiger partial charge in [0.1, 0.15) is 0 Å². The Morgan fingerprint density at radius 3 is 2.08 bits per heavy atom. The summed E-state index contributed by atoms with van der Waals surface area (Å²) in [7, 11) is -1.20. The van der Waals surface area contributed by atoms with Crippen LogP contribution in [0, 0.1) is 0 Å². The SMILES string of the molecule is CC1CO1.CCC[Si](C)(C)OCC. The minimum atomic E-state index is -1.20. The maximum atomic E-state index is 5.61. The second-order valence-corrected chi connectivity index (χ2v) is 8.39. The molecule has 1 unspecified atom stereocenters. The van der Waals surface area contributed by atoms with Crippen molar-refractivity contribution >= 4 is 8.32 Å². The maximum Gasteiger partial charge on any atom is 0.186 e. The molecule has 13 heavy (non-hydrogen) atoms. The lowest BCUT2D eigenvalue weighted by molar-refractivity contribution is 0.328. The Bertz CT molecular complexity index is 114. The van der Waals surface area contributed by atoms with E-state index >= 15 is 0 Å². The Kier molecular flexibility index (Phi) is 6.64. The van der Waals surface area contributed by atoms with Crippen molar-refractivity contribution in [3.05, 3.63) is 0 Å². The molecule has 0 bridgehead atoms. The minimum absolute atomic E-state index is 0.583. The van der Waals surface area contributed by atoms with Gasteiger partial charge in [-0.1, -0.05) is 13.3 Å². The zero-order valence-corrected chi connectivity index (χ0v) is 10.7. The van der Waals surface area contributed by atoms with Gasteiger partial charge in [-0.3, -0.25) is 0 Å². The fourth-order valence-corrected chi connectivity index (χ4v) is 3.29. The van der Waals surface area contributed by atoms with Crippen molar-refractivity contribution in [1.82, 2.24) is 0 Å². The molecule has 3 heteroatoms. The lowest BCUT2D eigenvalue weighted by Gasteiger charge is -2.20. The lowest BCUT2D eigenvalue weighted by atomic mass is 10.6. The minimum Gasteiger partial charge on any atom is -0.418 e. The average Bonchev–Trinajstić information content (AvgIpc) is 2.72. The van der Waals surface area contributed by atoms with E-state index in [1.165, 1.54) is 12.5 Å². The molecule has 1 heterocycles. The molecule has 0 aromatic heterocycles. The number of hydrogen-bond acceptors (Lipinski definition) is 2. The normalized spacial score (nSPS) is 20.5. The summed E-state index contributed by atoms with van der Waals surface area (Å²) in [5.74, 6) is 0. The van der Waals surface area contributed by atoms with Crippen molar-refractivity contribution in [2.75, 3.05) is 13.2 Å². The molecule has 1 aliphatic heterocycles. The van der Waals surface area contributed by atoms with Crippen LogP contribution in [0.4, 0.5) is 0 Å². The van der Waals surface area contributed by atoms with Crippen LogP contribution in [0.25, 0.3) is 0 Å². The topological polar surface area (TPSA) is 21.8 Å². The third-order valence-electron chi connectivity index (χ3n) is 1.89. The van der Waals surface area contributed by atoms with Gasteiger partial charge in [-0.05, 0) is 33.0 Å². The molecular formula is C10H24O2Si. The summed E-state index contributed by atoms with van der Waals surface area (Å²) in [6, 6.07) is 1.29. The van der Waals surface area contributed by atoms with Crippen LogP contribution in [-0.2, 0) is 9.16 Å². The molecule has 0 aromatic carbocycles. The molecule has 1 aliphatic rings. The summed E-state index contributed by atoms with van der Waals surface area (Å²) >= 11 is 0. The molecule has 2 nitrogen and oxygen atoms in total. The molecule has 0 amide bonds. The molecule has 1 rings (SSSR count). The zero-order valence-electron chi connectivity index (χ0n) is 9.72. The Morgan fingerprint density at radius 1 is 1.38 bits per heavy atom. The van der Waals surface area contributed by atoms with E-state index in [0.29, 0.717) is 6.10 Å². The average molecular weight is 204 g/mol. The summed E-state index contributed by atoms with van der Waals surface area (Å²) in [6.07, 6.45) is 1.85. The first kappa shape index (κ1) is 13.1. The summed E-state index contributed by atoms with van der Waals surface area (Å²) in [5.41, 5.74) is 0. The molecule has 0 spiro atoms. The Labute approximate surface area is 83.8 Å². The van der Waals surface area contributed by atoms with Crippen molar-refractivity contribution in [2.24, 2.45) is 0 Å². The monoisotopic (exact) mass is 204 g/mol. The standard InChI is InChI=1S/C7H18OSi.C3H6O/c1-5-7-9(3,4)8-6-2;1-3-2-4-3/h5-7H2,1-4H3;3H,2H2,1H3. The molecule has 1 atom stereocenters. The number of rotatable bonds is 4. The van der Waals surface area contributed by atoms with Gasteiger partial charge in [0.05, 0.1) is 12.7 Å². The molecule has 1 saturated heterocycles. The van der Waals surface area contributed by atoms with Gasteiger partial charge in [-0.15, -0.1) is 0 Å². The van der Waals surface area contributed by atoms with E-state index in [4.69, 9.17) is 9.16 Å². The van der Waals surface area contributed by atoms with E-state index < -0.39 is 8.32 Å². The molecule has 0 aliphatic carbocycles. The number of hydrogen-bond donors (Lipinski definition) is 0. The van der Waals surface area contributed by atoms with Crippen LogP contribution < -0.4 is 0 Å². The smallest absolute Gasteiger partial charge is 0.186 e. The van der Waals surface area contributed by atoms with E-state index in [2.05, 4.69) is 33.9 Å². The summed E-state index contributed by atoms with van der Waals surface area (Å²) in [4.78, 5) is 0.